The van der Waals surface area contributed by atoms with Crippen molar-refractivity contribution in [1.82, 2.24) is 4.90 Å². The molecular formula is C8H13NO. The van der Waals surface area contributed by atoms with Gasteiger partial charge in [0.25, 0.3) is 0 Å². The molecule has 0 aromatic carbocycles. The second-order valence-corrected chi connectivity index (χ2v) is 3.72. The van der Waals surface area contributed by atoms with Crippen LogP contribution in [0.2, 0.25) is 0 Å². The molecule has 2 heteroatoms. The number of amides is 1. The summed E-state index contributed by atoms with van der Waals surface area (Å²) in [4.78, 5) is 13.0. The van der Waals surface area contributed by atoms with Crippen molar-refractivity contribution in [3.05, 3.63) is 0 Å². The molecular weight excluding hydrogens is 126 g/mol. The van der Waals surface area contributed by atoms with Gasteiger partial charge < -0.3 is 4.90 Å². The van der Waals surface area contributed by atoms with E-state index in [1.165, 1.54) is 12.8 Å². The maximum atomic E-state index is 11.0. The number of carbonyl (C=O) groups excluding carboxylic acids is 1. The minimum Gasteiger partial charge on any atom is -0.337 e. The predicted octanol–water partition coefficient (Wildman–Crippen LogP) is 1.02. The lowest BCUT2D eigenvalue weighted by molar-refractivity contribution is -0.130. The fourth-order valence-electron chi connectivity index (χ4n) is 2.24. The minimum atomic E-state index is 0.252. The highest BCUT2D eigenvalue weighted by molar-refractivity contribution is 5.75. The predicted molar refractivity (Wildman–Crippen MR) is 38.5 cm³/mol. The summed E-state index contributed by atoms with van der Waals surface area (Å²) < 4.78 is 0. The third kappa shape index (κ3) is 0.568. The number of carbonyl (C=O) groups is 1. The van der Waals surface area contributed by atoms with Gasteiger partial charge in [-0.3, -0.25) is 4.79 Å². The molecule has 0 radical (unpaired) electrons. The average Bonchev–Trinajstić information content (AvgIpc) is 2.35. The summed E-state index contributed by atoms with van der Waals surface area (Å²) in [7, 11) is 0. The summed E-state index contributed by atoms with van der Waals surface area (Å²) in [5.74, 6) is 1.08. The Morgan fingerprint density at radius 3 is 2.60 bits per heavy atom. The molecule has 10 heavy (non-hydrogen) atoms. The highest BCUT2D eigenvalue weighted by atomic mass is 16.2. The van der Waals surface area contributed by atoms with Crippen LogP contribution in [-0.4, -0.2) is 22.9 Å². The summed E-state index contributed by atoms with van der Waals surface area (Å²) in [6.07, 6.45) is 2.47. The largest absolute Gasteiger partial charge is 0.337 e. The number of piperidine rings is 1. The Morgan fingerprint density at radius 2 is 2.40 bits per heavy atom. The van der Waals surface area contributed by atoms with Crippen LogP contribution >= 0.6 is 0 Å². The van der Waals surface area contributed by atoms with Crippen molar-refractivity contribution in [3.63, 3.8) is 0 Å². The van der Waals surface area contributed by atoms with Gasteiger partial charge in [-0.2, -0.15) is 0 Å². The van der Waals surface area contributed by atoms with Crippen molar-refractivity contribution < 1.29 is 4.79 Å². The zero-order chi connectivity index (χ0) is 7.35. The van der Waals surface area contributed by atoms with Crippen LogP contribution in [0.15, 0.2) is 0 Å². The molecule has 1 heterocycles. The van der Waals surface area contributed by atoms with Crippen LogP contribution in [0.1, 0.15) is 26.7 Å². The molecule has 0 aromatic heterocycles. The maximum absolute atomic E-state index is 11.0. The fourth-order valence-corrected chi connectivity index (χ4v) is 2.24. The summed E-state index contributed by atoms with van der Waals surface area (Å²) in [5.41, 5.74) is 0.284. The lowest BCUT2D eigenvalue weighted by Gasteiger charge is -2.23. The molecule has 0 aromatic rings. The van der Waals surface area contributed by atoms with Gasteiger partial charge in [-0.15, -0.1) is 0 Å². The smallest absolute Gasteiger partial charge is 0.219 e. The van der Waals surface area contributed by atoms with E-state index in [2.05, 4.69) is 6.92 Å². The molecule has 1 aliphatic heterocycles. The van der Waals surface area contributed by atoms with Gasteiger partial charge >= 0.3 is 0 Å². The Hall–Kier alpha value is -0.530. The van der Waals surface area contributed by atoms with Crippen molar-refractivity contribution in [3.8, 4) is 0 Å². The SMILES string of the molecule is CC(=O)N1CCC2CC21C. The lowest BCUT2D eigenvalue weighted by atomic mass is 10.2. The highest BCUT2D eigenvalue weighted by Gasteiger charge is 2.59. The van der Waals surface area contributed by atoms with E-state index in [9.17, 15) is 4.79 Å². The Morgan fingerprint density at radius 1 is 1.70 bits per heavy atom. The number of fused-ring (bicyclic) bond motifs is 1. The van der Waals surface area contributed by atoms with E-state index in [4.69, 9.17) is 0 Å². The second kappa shape index (κ2) is 1.55. The molecule has 2 nitrogen and oxygen atoms in total. The van der Waals surface area contributed by atoms with Crippen LogP contribution in [0, 0.1) is 5.92 Å². The van der Waals surface area contributed by atoms with E-state index in [0.29, 0.717) is 0 Å². The van der Waals surface area contributed by atoms with Gasteiger partial charge in [-0.25, -0.2) is 0 Å². The van der Waals surface area contributed by atoms with Gasteiger partial charge in [0, 0.05) is 19.0 Å². The minimum absolute atomic E-state index is 0.252. The summed E-state index contributed by atoms with van der Waals surface area (Å²) in [5, 5.41) is 0. The average molecular weight is 139 g/mol. The van der Waals surface area contributed by atoms with Gasteiger partial charge in [0.05, 0.1) is 0 Å². The molecule has 56 valence electrons. The Bertz CT molecular complexity index is 188. The molecule has 0 spiro atoms. The third-order valence-electron chi connectivity index (χ3n) is 3.08. The number of likely N-dealkylation sites (tertiary alicyclic amines) is 1. The number of nitrogens with zero attached hydrogens (tertiary/aromatic N) is 1. The Balaban J connectivity index is 2.17. The summed E-state index contributed by atoms with van der Waals surface area (Å²) in [6, 6.07) is 0. The molecule has 0 bridgehead atoms. The quantitative estimate of drug-likeness (QED) is 0.490. The zero-order valence-corrected chi connectivity index (χ0v) is 6.55. The van der Waals surface area contributed by atoms with Crippen LogP contribution in [0.4, 0.5) is 0 Å². The van der Waals surface area contributed by atoms with Crippen molar-refractivity contribution in [2.24, 2.45) is 5.92 Å². The van der Waals surface area contributed by atoms with E-state index in [-0.39, 0.29) is 11.4 Å². The van der Waals surface area contributed by atoms with Crippen LogP contribution < -0.4 is 0 Å². The maximum Gasteiger partial charge on any atom is 0.219 e. The van der Waals surface area contributed by atoms with E-state index in [0.717, 1.165) is 12.5 Å². The van der Waals surface area contributed by atoms with Crippen LogP contribution in [0.3, 0.4) is 0 Å². The first-order valence-electron chi connectivity index (χ1n) is 3.93. The van der Waals surface area contributed by atoms with Gasteiger partial charge in [-0.1, -0.05) is 0 Å². The first kappa shape index (κ1) is 6.20. The Labute approximate surface area is 61.2 Å². The van der Waals surface area contributed by atoms with Gasteiger partial charge in [0.15, 0.2) is 0 Å². The van der Waals surface area contributed by atoms with Crippen LogP contribution in [-0.2, 0) is 4.79 Å². The first-order chi connectivity index (χ1) is 4.64. The molecule has 1 saturated heterocycles. The molecule has 1 amide bonds. The summed E-state index contributed by atoms with van der Waals surface area (Å²) in [6.45, 7) is 4.87. The normalized spacial score (nSPS) is 43.4. The van der Waals surface area contributed by atoms with E-state index in [1.807, 2.05) is 4.90 Å². The lowest BCUT2D eigenvalue weighted by Crippen LogP contribution is -2.36. The first-order valence-corrected chi connectivity index (χ1v) is 3.93. The van der Waals surface area contributed by atoms with Crippen molar-refractivity contribution >= 4 is 5.91 Å². The van der Waals surface area contributed by atoms with Crippen molar-refractivity contribution in [2.75, 3.05) is 6.54 Å². The van der Waals surface area contributed by atoms with E-state index < -0.39 is 0 Å². The van der Waals surface area contributed by atoms with Gasteiger partial charge in [0.1, 0.15) is 0 Å². The number of hydrogen-bond donors (Lipinski definition) is 0. The fraction of sp³-hybridized carbons (Fsp3) is 0.875. The molecule has 1 saturated carbocycles. The second-order valence-electron chi connectivity index (χ2n) is 3.72. The van der Waals surface area contributed by atoms with E-state index >= 15 is 0 Å². The summed E-state index contributed by atoms with van der Waals surface area (Å²) >= 11 is 0. The number of hydrogen-bond acceptors (Lipinski definition) is 1. The monoisotopic (exact) mass is 139 g/mol. The van der Waals surface area contributed by atoms with Gasteiger partial charge in [0.2, 0.25) is 5.91 Å². The molecule has 2 atom stereocenters. The zero-order valence-electron chi connectivity index (χ0n) is 6.55. The molecule has 2 fully saturated rings. The molecule has 2 unspecified atom stereocenters. The molecule has 1 aliphatic carbocycles. The van der Waals surface area contributed by atoms with Crippen molar-refractivity contribution in [2.45, 2.75) is 32.2 Å². The standard InChI is InChI=1S/C8H13NO/c1-6(10)9-4-3-7-5-8(7,9)2/h7H,3-5H2,1-2H3. The van der Waals surface area contributed by atoms with E-state index in [1.54, 1.807) is 6.92 Å². The van der Waals surface area contributed by atoms with Gasteiger partial charge in [-0.05, 0) is 25.7 Å². The highest BCUT2D eigenvalue weighted by Crippen LogP contribution is 2.55. The van der Waals surface area contributed by atoms with Crippen LogP contribution in [0.25, 0.3) is 0 Å². The molecule has 2 rings (SSSR count). The third-order valence-corrected chi connectivity index (χ3v) is 3.08. The molecule has 2 aliphatic rings. The van der Waals surface area contributed by atoms with Crippen LogP contribution in [0.5, 0.6) is 0 Å². The van der Waals surface area contributed by atoms with Crippen molar-refractivity contribution in [1.29, 1.82) is 0 Å². The number of rotatable bonds is 0. The Kier molecular flexibility index (Phi) is 0.960. The topological polar surface area (TPSA) is 20.3 Å². The molecule has 0 N–H and O–H groups in total.